The second-order valence-corrected chi connectivity index (χ2v) is 8.59. The van der Waals surface area contributed by atoms with Gasteiger partial charge in [0.2, 0.25) is 0 Å². The minimum absolute atomic E-state index is 0.193. The van der Waals surface area contributed by atoms with Crippen LogP contribution < -0.4 is 10.1 Å². The Labute approximate surface area is 197 Å². The molecule has 0 aromatic heterocycles. The van der Waals surface area contributed by atoms with Gasteiger partial charge in [0.1, 0.15) is 5.75 Å². The Hall–Kier alpha value is -3.26. The number of amides is 1. The van der Waals surface area contributed by atoms with Gasteiger partial charge in [-0.1, -0.05) is 18.2 Å². The summed E-state index contributed by atoms with van der Waals surface area (Å²) in [6.45, 7) is 4.72. The third-order valence-electron chi connectivity index (χ3n) is 6.05. The van der Waals surface area contributed by atoms with Crippen molar-refractivity contribution >= 4 is 11.5 Å². The molecule has 1 N–H and O–H groups in total. The van der Waals surface area contributed by atoms with Crippen molar-refractivity contribution in [2.45, 2.75) is 32.0 Å². The summed E-state index contributed by atoms with van der Waals surface area (Å²) in [4.78, 5) is 17.1. The molecule has 0 bridgehead atoms. The van der Waals surface area contributed by atoms with Crippen molar-refractivity contribution in [2.75, 3.05) is 26.7 Å². The van der Waals surface area contributed by atoms with Crippen molar-refractivity contribution in [3.63, 3.8) is 0 Å². The van der Waals surface area contributed by atoms with Crippen molar-refractivity contribution in [3.8, 4) is 5.75 Å². The number of benzene rings is 1. The molecule has 3 aliphatic rings. The number of carbonyl (C=O) groups is 1. The van der Waals surface area contributed by atoms with Crippen LogP contribution in [0.25, 0.3) is 5.57 Å². The van der Waals surface area contributed by atoms with E-state index < -0.39 is 12.6 Å². The van der Waals surface area contributed by atoms with Crippen LogP contribution in [-0.2, 0) is 11.2 Å². The predicted molar refractivity (Wildman–Crippen MR) is 126 cm³/mol. The molecule has 1 aromatic carbocycles. The van der Waals surface area contributed by atoms with E-state index in [9.17, 15) is 18.0 Å². The molecule has 1 amide bonds. The number of halogens is 3. The lowest BCUT2D eigenvalue weighted by atomic mass is 9.98. The van der Waals surface area contributed by atoms with Gasteiger partial charge in [-0.3, -0.25) is 9.69 Å². The number of carbonyl (C=O) groups excluding carboxylic acids is 1. The van der Waals surface area contributed by atoms with E-state index in [2.05, 4.69) is 17.1 Å². The second kappa shape index (κ2) is 9.93. The molecule has 0 saturated carbocycles. The van der Waals surface area contributed by atoms with Gasteiger partial charge in [-0.15, -0.1) is 0 Å². The van der Waals surface area contributed by atoms with E-state index in [0.717, 1.165) is 31.0 Å². The Bertz CT molecular complexity index is 1100. The maximum absolute atomic E-state index is 13.2. The molecule has 1 fully saturated rings. The summed E-state index contributed by atoms with van der Waals surface area (Å²) in [5.41, 5.74) is 3.46. The number of fused-ring (bicyclic) bond motifs is 1. The molecule has 0 radical (unpaired) electrons. The fraction of sp³-hybridized carbons (Fsp3) is 0.346. The Balaban J connectivity index is 1.61. The molecule has 3 heterocycles. The first-order valence-electron chi connectivity index (χ1n) is 11.3. The molecule has 180 valence electrons. The van der Waals surface area contributed by atoms with Gasteiger partial charge in [-0.2, -0.15) is 13.2 Å². The van der Waals surface area contributed by atoms with Crippen LogP contribution >= 0.6 is 0 Å². The van der Waals surface area contributed by atoms with Gasteiger partial charge in [0, 0.05) is 50.1 Å². The lowest BCUT2D eigenvalue weighted by Crippen LogP contribution is -2.48. The summed E-state index contributed by atoms with van der Waals surface area (Å²) in [7, 11) is 1.43. The first-order valence-corrected chi connectivity index (χ1v) is 11.3. The fourth-order valence-corrected chi connectivity index (χ4v) is 4.29. The molecule has 1 saturated heterocycles. The van der Waals surface area contributed by atoms with E-state index in [4.69, 9.17) is 4.74 Å². The van der Waals surface area contributed by atoms with Crippen LogP contribution in [0.3, 0.4) is 0 Å². The first-order chi connectivity index (χ1) is 16.2. The number of allylic oxidation sites excluding steroid dienone is 6. The Kier molecular flexibility index (Phi) is 6.97. The number of rotatable bonds is 5. The molecule has 8 heteroatoms. The van der Waals surface area contributed by atoms with Gasteiger partial charge in [0.25, 0.3) is 5.91 Å². The van der Waals surface area contributed by atoms with E-state index in [0.29, 0.717) is 28.5 Å². The zero-order valence-corrected chi connectivity index (χ0v) is 19.2. The van der Waals surface area contributed by atoms with Gasteiger partial charge in [0.05, 0.1) is 12.8 Å². The van der Waals surface area contributed by atoms with Crippen molar-refractivity contribution in [2.24, 2.45) is 0 Å². The first kappa shape index (κ1) is 23.9. The molecule has 0 spiro atoms. The van der Waals surface area contributed by atoms with Gasteiger partial charge in [-0.25, -0.2) is 0 Å². The molecule has 5 nitrogen and oxygen atoms in total. The normalized spacial score (nSPS) is 22.3. The Morgan fingerprint density at radius 2 is 1.97 bits per heavy atom. The van der Waals surface area contributed by atoms with Gasteiger partial charge in [-0.05, 0) is 60.4 Å². The SMILES string of the molecule is COc1ccc(C2=CC(=O)N3C=C(N4CCN[C@@H](C)C4)C=C/C3=C\C=C2)cc1CCC(F)(F)F. The quantitative estimate of drug-likeness (QED) is 0.684. The number of nitrogens with zero attached hydrogens (tertiary/aromatic N) is 2. The molecular formula is C26H28F3N3O2. The average molecular weight is 472 g/mol. The predicted octanol–water partition coefficient (Wildman–Crippen LogP) is 4.56. The maximum Gasteiger partial charge on any atom is 0.389 e. The summed E-state index contributed by atoms with van der Waals surface area (Å²) in [5.74, 6) is 0.180. The van der Waals surface area contributed by atoms with Gasteiger partial charge < -0.3 is 15.0 Å². The minimum Gasteiger partial charge on any atom is -0.496 e. The Morgan fingerprint density at radius 3 is 2.71 bits per heavy atom. The molecule has 1 aromatic rings. The molecule has 1 atom stereocenters. The van der Waals surface area contributed by atoms with E-state index >= 15 is 0 Å². The van der Waals surface area contributed by atoms with E-state index in [-0.39, 0.29) is 12.3 Å². The summed E-state index contributed by atoms with van der Waals surface area (Å²) >= 11 is 0. The zero-order valence-electron chi connectivity index (χ0n) is 19.2. The van der Waals surface area contributed by atoms with E-state index in [1.165, 1.54) is 13.2 Å². The highest BCUT2D eigenvalue weighted by molar-refractivity contribution is 6.00. The van der Waals surface area contributed by atoms with Crippen molar-refractivity contribution in [1.29, 1.82) is 0 Å². The zero-order chi connectivity index (χ0) is 24.3. The van der Waals surface area contributed by atoms with Gasteiger partial charge in [0.15, 0.2) is 0 Å². The molecule has 0 aliphatic carbocycles. The molecule has 3 aliphatic heterocycles. The second-order valence-electron chi connectivity index (χ2n) is 8.59. The van der Waals surface area contributed by atoms with Crippen molar-refractivity contribution < 1.29 is 22.7 Å². The number of nitrogens with one attached hydrogen (secondary N) is 1. The van der Waals surface area contributed by atoms with Crippen LogP contribution in [0.1, 0.15) is 24.5 Å². The monoisotopic (exact) mass is 471 g/mol. The smallest absolute Gasteiger partial charge is 0.389 e. The molecule has 0 unspecified atom stereocenters. The summed E-state index contributed by atoms with van der Waals surface area (Å²) in [6.07, 6.45) is 7.41. The van der Waals surface area contributed by atoms with E-state index in [1.807, 2.05) is 30.5 Å². The van der Waals surface area contributed by atoms with Crippen LogP contribution in [-0.4, -0.2) is 54.7 Å². The minimum atomic E-state index is -4.26. The maximum atomic E-state index is 13.2. The van der Waals surface area contributed by atoms with Crippen LogP contribution in [0.2, 0.25) is 0 Å². The third-order valence-corrected chi connectivity index (χ3v) is 6.05. The number of alkyl halides is 3. The summed E-state index contributed by atoms with van der Waals surface area (Å²) in [5, 5.41) is 3.41. The topological polar surface area (TPSA) is 44.8 Å². The highest BCUT2D eigenvalue weighted by Crippen LogP contribution is 2.31. The number of piperazine rings is 1. The number of hydrogen-bond acceptors (Lipinski definition) is 4. The number of methoxy groups -OCH3 is 1. The largest absolute Gasteiger partial charge is 0.496 e. The van der Waals surface area contributed by atoms with Gasteiger partial charge >= 0.3 is 6.18 Å². The highest BCUT2D eigenvalue weighted by Gasteiger charge is 2.27. The number of hydrogen-bond donors (Lipinski definition) is 1. The van der Waals surface area contributed by atoms with Crippen molar-refractivity contribution in [3.05, 3.63) is 83.4 Å². The van der Waals surface area contributed by atoms with Crippen LogP contribution in [0.5, 0.6) is 5.75 Å². The highest BCUT2D eigenvalue weighted by atomic mass is 19.4. The van der Waals surface area contributed by atoms with Crippen molar-refractivity contribution in [1.82, 2.24) is 15.1 Å². The van der Waals surface area contributed by atoms with Crippen LogP contribution in [0.15, 0.2) is 72.2 Å². The fourth-order valence-electron chi connectivity index (χ4n) is 4.29. The third kappa shape index (κ3) is 5.62. The lowest BCUT2D eigenvalue weighted by Gasteiger charge is -2.36. The lowest BCUT2D eigenvalue weighted by molar-refractivity contribution is -0.134. The molecule has 4 rings (SSSR count). The molecular weight excluding hydrogens is 443 g/mol. The standard InChI is InChI=1S/C26H28F3N3O2/c1-18-16-31(13-12-30-18)23-8-7-22-5-3-4-19(15-25(33)32(22)17-23)20-6-9-24(34-2)21(14-20)10-11-26(27,28)29/h3-9,14-15,17-18,30H,10-13,16H2,1-2H3/b4-3?,19-15?,22-5+/t18-/m0/s1. The average Bonchev–Trinajstić information content (AvgIpc) is 2.80. The van der Waals surface area contributed by atoms with Crippen LogP contribution in [0.4, 0.5) is 13.2 Å². The Morgan fingerprint density at radius 1 is 1.18 bits per heavy atom. The summed E-state index contributed by atoms with van der Waals surface area (Å²) in [6, 6.07) is 5.43. The summed E-state index contributed by atoms with van der Waals surface area (Å²) < 4.78 is 43.6. The van der Waals surface area contributed by atoms with Crippen LogP contribution in [0, 0.1) is 0 Å². The van der Waals surface area contributed by atoms with E-state index in [1.54, 1.807) is 29.2 Å². The number of aryl methyl sites for hydroxylation is 1. The number of ether oxygens (including phenoxy) is 1. The molecule has 34 heavy (non-hydrogen) atoms.